The van der Waals surface area contributed by atoms with E-state index in [0.717, 1.165) is 16.0 Å². The Morgan fingerprint density at radius 1 is 1.04 bits per heavy atom. The Balaban J connectivity index is 1.73. The van der Waals surface area contributed by atoms with E-state index < -0.39 is 10.8 Å². The van der Waals surface area contributed by atoms with Gasteiger partial charge in [0.2, 0.25) is 0 Å². The molecule has 2 aromatic rings. The van der Waals surface area contributed by atoms with Gasteiger partial charge >= 0.3 is 6.03 Å². The Kier molecular flexibility index (Phi) is 6.40. The van der Waals surface area contributed by atoms with Gasteiger partial charge in [0, 0.05) is 34.1 Å². The number of benzene rings is 2. The number of hydrogen-bond acceptors (Lipinski definition) is 2. The van der Waals surface area contributed by atoms with Crippen molar-refractivity contribution in [1.29, 1.82) is 0 Å². The van der Waals surface area contributed by atoms with Crippen molar-refractivity contribution in [1.82, 2.24) is 10.6 Å². The van der Waals surface area contributed by atoms with Gasteiger partial charge in [-0.3, -0.25) is 4.21 Å². The van der Waals surface area contributed by atoms with Crippen molar-refractivity contribution in [3.63, 3.8) is 0 Å². The van der Waals surface area contributed by atoms with E-state index >= 15 is 0 Å². The van der Waals surface area contributed by atoms with Crippen LogP contribution >= 0.6 is 0 Å². The zero-order valence-electron chi connectivity index (χ0n) is 12.8. The van der Waals surface area contributed by atoms with Crippen LogP contribution in [0, 0.1) is 11.8 Å². The third-order valence-electron chi connectivity index (χ3n) is 3.05. The van der Waals surface area contributed by atoms with Crippen LogP contribution in [0.3, 0.4) is 0 Å². The van der Waals surface area contributed by atoms with Gasteiger partial charge < -0.3 is 10.6 Å². The standard InChI is InChI=1S/C18H18N2O2S/c1-23(22)17-11-9-16(10-12-17)14-20-18(21)19-13-5-8-15-6-3-2-4-7-15/h2-4,6-7,9-12H,13-14H2,1H3,(H2,19,20,21)/t23-/m0/s1. The van der Waals surface area contributed by atoms with Crippen molar-refractivity contribution in [2.75, 3.05) is 12.8 Å². The smallest absolute Gasteiger partial charge is 0.315 e. The van der Waals surface area contributed by atoms with Gasteiger partial charge in [-0.05, 0) is 29.8 Å². The van der Waals surface area contributed by atoms with Crippen LogP contribution in [-0.2, 0) is 17.3 Å². The average Bonchev–Trinajstić information content (AvgIpc) is 2.58. The summed E-state index contributed by atoms with van der Waals surface area (Å²) in [7, 11) is -0.986. The molecule has 0 aliphatic heterocycles. The maximum absolute atomic E-state index is 11.7. The first kappa shape index (κ1) is 16.8. The topological polar surface area (TPSA) is 58.2 Å². The zero-order chi connectivity index (χ0) is 16.5. The Bertz CT molecular complexity index is 731. The van der Waals surface area contributed by atoms with E-state index in [9.17, 15) is 9.00 Å². The lowest BCUT2D eigenvalue weighted by Crippen LogP contribution is -2.35. The van der Waals surface area contributed by atoms with Gasteiger partial charge in [-0.25, -0.2) is 4.79 Å². The van der Waals surface area contributed by atoms with E-state index in [2.05, 4.69) is 22.5 Å². The minimum atomic E-state index is -0.986. The predicted molar refractivity (Wildman–Crippen MR) is 92.3 cm³/mol. The number of urea groups is 1. The molecule has 0 saturated heterocycles. The molecular formula is C18H18N2O2S. The maximum Gasteiger partial charge on any atom is 0.315 e. The van der Waals surface area contributed by atoms with Crippen LogP contribution in [0.25, 0.3) is 0 Å². The molecule has 0 radical (unpaired) electrons. The highest BCUT2D eigenvalue weighted by molar-refractivity contribution is 7.84. The molecule has 0 spiro atoms. The van der Waals surface area contributed by atoms with E-state index in [0.29, 0.717) is 6.54 Å². The largest absolute Gasteiger partial charge is 0.334 e. The van der Waals surface area contributed by atoms with E-state index in [1.807, 2.05) is 42.5 Å². The fourth-order valence-corrected chi connectivity index (χ4v) is 2.36. The molecule has 2 amide bonds. The number of nitrogens with one attached hydrogen (secondary N) is 2. The van der Waals surface area contributed by atoms with Crippen molar-refractivity contribution < 1.29 is 9.00 Å². The van der Waals surface area contributed by atoms with Gasteiger partial charge in [0.05, 0.1) is 6.54 Å². The SMILES string of the molecule is C[S@](=O)c1ccc(CNC(=O)NCC#Cc2ccccc2)cc1. The maximum atomic E-state index is 11.7. The summed E-state index contributed by atoms with van der Waals surface area (Å²) < 4.78 is 11.3. The zero-order valence-corrected chi connectivity index (χ0v) is 13.7. The van der Waals surface area contributed by atoms with Crippen molar-refractivity contribution in [3.05, 3.63) is 65.7 Å². The highest BCUT2D eigenvalue weighted by Gasteiger charge is 2.00. The summed E-state index contributed by atoms with van der Waals surface area (Å²) in [5.74, 6) is 5.86. The number of carbonyl (C=O) groups excluding carboxylic acids is 1. The van der Waals surface area contributed by atoms with E-state index in [1.165, 1.54) is 0 Å². The van der Waals surface area contributed by atoms with Gasteiger partial charge in [-0.15, -0.1) is 0 Å². The van der Waals surface area contributed by atoms with Gasteiger partial charge in [0.15, 0.2) is 0 Å². The summed E-state index contributed by atoms with van der Waals surface area (Å²) >= 11 is 0. The van der Waals surface area contributed by atoms with Crippen LogP contribution in [0.4, 0.5) is 4.79 Å². The molecule has 0 unspecified atom stereocenters. The Morgan fingerprint density at radius 2 is 1.74 bits per heavy atom. The predicted octanol–water partition coefficient (Wildman–Crippen LogP) is 2.27. The second-order valence-electron chi connectivity index (χ2n) is 4.80. The Hall–Kier alpha value is -2.58. The summed E-state index contributed by atoms with van der Waals surface area (Å²) in [6.07, 6.45) is 1.64. The summed E-state index contributed by atoms with van der Waals surface area (Å²) in [4.78, 5) is 12.4. The third kappa shape index (κ3) is 5.97. The minimum absolute atomic E-state index is 0.268. The summed E-state index contributed by atoms with van der Waals surface area (Å²) in [5, 5.41) is 5.43. The van der Waals surface area contributed by atoms with E-state index in [1.54, 1.807) is 18.4 Å². The number of rotatable bonds is 4. The van der Waals surface area contributed by atoms with Gasteiger partial charge in [0.25, 0.3) is 0 Å². The molecular weight excluding hydrogens is 308 g/mol. The average molecular weight is 326 g/mol. The van der Waals surface area contributed by atoms with Crippen LogP contribution < -0.4 is 10.6 Å². The molecule has 2 N–H and O–H groups in total. The quantitative estimate of drug-likeness (QED) is 0.847. The lowest BCUT2D eigenvalue weighted by atomic mass is 10.2. The number of amides is 2. The highest BCUT2D eigenvalue weighted by atomic mass is 32.2. The fourth-order valence-electron chi connectivity index (χ4n) is 1.84. The summed E-state index contributed by atoms with van der Waals surface area (Å²) in [6.45, 7) is 0.697. The monoisotopic (exact) mass is 326 g/mol. The van der Waals surface area contributed by atoms with Gasteiger partial charge in [0.1, 0.15) is 0 Å². The summed E-state index contributed by atoms with van der Waals surface area (Å²) in [6, 6.07) is 16.6. The Labute approximate surface area is 138 Å². The summed E-state index contributed by atoms with van der Waals surface area (Å²) in [5.41, 5.74) is 1.87. The first-order valence-electron chi connectivity index (χ1n) is 7.13. The molecule has 0 bridgehead atoms. The second kappa shape index (κ2) is 8.76. The number of carbonyl (C=O) groups is 1. The third-order valence-corrected chi connectivity index (χ3v) is 3.99. The molecule has 1 atom stereocenters. The molecule has 0 heterocycles. The molecule has 0 aromatic heterocycles. The van der Waals surface area contributed by atoms with Crippen LogP contribution in [0.5, 0.6) is 0 Å². The first-order valence-corrected chi connectivity index (χ1v) is 8.69. The van der Waals surface area contributed by atoms with Crippen LogP contribution in [0.1, 0.15) is 11.1 Å². The van der Waals surface area contributed by atoms with Crippen LogP contribution in [-0.4, -0.2) is 23.0 Å². The molecule has 0 saturated carbocycles. The van der Waals surface area contributed by atoms with Crippen molar-refractivity contribution >= 4 is 16.8 Å². The Morgan fingerprint density at radius 3 is 2.39 bits per heavy atom. The molecule has 5 heteroatoms. The van der Waals surface area contributed by atoms with Crippen molar-refractivity contribution in [2.45, 2.75) is 11.4 Å². The van der Waals surface area contributed by atoms with Gasteiger partial charge in [-0.2, -0.15) is 0 Å². The lowest BCUT2D eigenvalue weighted by Gasteiger charge is -2.06. The highest BCUT2D eigenvalue weighted by Crippen LogP contribution is 2.07. The minimum Gasteiger partial charge on any atom is -0.334 e. The van der Waals surface area contributed by atoms with Crippen molar-refractivity contribution in [3.8, 4) is 11.8 Å². The molecule has 0 fully saturated rings. The second-order valence-corrected chi connectivity index (χ2v) is 6.18. The molecule has 4 nitrogen and oxygen atoms in total. The number of hydrogen-bond donors (Lipinski definition) is 2. The molecule has 118 valence electrons. The van der Waals surface area contributed by atoms with E-state index in [-0.39, 0.29) is 12.6 Å². The molecule has 0 aliphatic carbocycles. The molecule has 2 rings (SSSR count). The normalized spacial score (nSPS) is 11.0. The lowest BCUT2D eigenvalue weighted by molar-refractivity contribution is 0.241. The van der Waals surface area contributed by atoms with E-state index in [4.69, 9.17) is 0 Å². The first-order chi connectivity index (χ1) is 11.1. The van der Waals surface area contributed by atoms with Crippen LogP contribution in [0.15, 0.2) is 59.5 Å². The fraction of sp³-hybridized carbons (Fsp3) is 0.167. The molecule has 23 heavy (non-hydrogen) atoms. The van der Waals surface area contributed by atoms with Gasteiger partial charge in [-0.1, -0.05) is 42.2 Å². The van der Waals surface area contributed by atoms with Crippen molar-refractivity contribution in [2.24, 2.45) is 0 Å². The van der Waals surface area contributed by atoms with Crippen LogP contribution in [0.2, 0.25) is 0 Å². The molecule has 0 aliphatic rings. The molecule has 2 aromatic carbocycles.